The van der Waals surface area contributed by atoms with E-state index in [0.717, 1.165) is 18.2 Å². The second kappa shape index (κ2) is 7.45. The predicted molar refractivity (Wildman–Crippen MR) is 85.0 cm³/mol. The number of halogens is 2. The van der Waals surface area contributed by atoms with E-state index >= 15 is 0 Å². The summed E-state index contributed by atoms with van der Waals surface area (Å²) < 4.78 is 26.2. The van der Waals surface area contributed by atoms with Crippen molar-refractivity contribution in [3.63, 3.8) is 0 Å². The molecular formula is C17H14F2N2O3. The van der Waals surface area contributed by atoms with Crippen LogP contribution in [-0.4, -0.2) is 22.8 Å². The summed E-state index contributed by atoms with van der Waals surface area (Å²) in [6.07, 6.45) is 2.40. The molecule has 0 spiro atoms. The van der Waals surface area contributed by atoms with Gasteiger partial charge in [0.05, 0.1) is 16.6 Å². The fraction of sp³-hybridized carbons (Fsp3) is 0.118. The number of amides is 1. The van der Waals surface area contributed by atoms with Crippen LogP contribution in [-0.2, 0) is 11.3 Å². The van der Waals surface area contributed by atoms with Gasteiger partial charge < -0.3 is 4.90 Å². The van der Waals surface area contributed by atoms with E-state index in [1.54, 1.807) is 12.1 Å². The van der Waals surface area contributed by atoms with Gasteiger partial charge >= 0.3 is 0 Å². The van der Waals surface area contributed by atoms with Crippen LogP contribution in [0.3, 0.4) is 0 Å². The van der Waals surface area contributed by atoms with Crippen LogP contribution < -0.4 is 0 Å². The quantitative estimate of drug-likeness (QED) is 0.478. The molecule has 0 aromatic heterocycles. The van der Waals surface area contributed by atoms with Crippen LogP contribution in [0.4, 0.5) is 14.5 Å². The van der Waals surface area contributed by atoms with E-state index in [2.05, 4.69) is 0 Å². The number of nitro benzene ring substituents is 1. The zero-order valence-electron chi connectivity index (χ0n) is 12.8. The number of likely N-dealkylation sites (N-methyl/N-ethyl adjacent to an activating group) is 1. The summed E-state index contributed by atoms with van der Waals surface area (Å²) in [5.41, 5.74) is 0.313. The zero-order chi connectivity index (χ0) is 17.7. The highest BCUT2D eigenvalue weighted by atomic mass is 19.1. The average Bonchev–Trinajstić information content (AvgIpc) is 2.53. The summed E-state index contributed by atoms with van der Waals surface area (Å²) in [4.78, 5) is 23.6. The summed E-state index contributed by atoms with van der Waals surface area (Å²) in [7, 11) is 1.52. The molecule has 2 rings (SSSR count). The lowest BCUT2D eigenvalue weighted by molar-refractivity contribution is -0.385. The Morgan fingerprint density at radius 3 is 2.58 bits per heavy atom. The van der Waals surface area contributed by atoms with E-state index < -0.39 is 28.2 Å². The van der Waals surface area contributed by atoms with Crippen molar-refractivity contribution in [2.45, 2.75) is 6.54 Å². The Morgan fingerprint density at radius 2 is 1.92 bits per heavy atom. The molecule has 124 valence electrons. The third-order valence-corrected chi connectivity index (χ3v) is 3.28. The lowest BCUT2D eigenvalue weighted by Crippen LogP contribution is -2.24. The van der Waals surface area contributed by atoms with Gasteiger partial charge in [0.15, 0.2) is 0 Å². The van der Waals surface area contributed by atoms with Crippen LogP contribution in [0.1, 0.15) is 11.1 Å². The van der Waals surface area contributed by atoms with E-state index in [4.69, 9.17) is 0 Å². The molecule has 0 N–H and O–H groups in total. The van der Waals surface area contributed by atoms with Gasteiger partial charge in [-0.15, -0.1) is 0 Å². The van der Waals surface area contributed by atoms with Crippen LogP contribution in [0.5, 0.6) is 0 Å². The van der Waals surface area contributed by atoms with Crippen molar-refractivity contribution in [3.05, 3.63) is 81.4 Å². The number of carbonyl (C=O) groups excluding carboxylic acids is 1. The molecule has 0 saturated heterocycles. The van der Waals surface area contributed by atoms with E-state index in [1.807, 2.05) is 0 Å². The monoisotopic (exact) mass is 332 g/mol. The Labute approximate surface area is 137 Å². The largest absolute Gasteiger partial charge is 0.338 e. The van der Waals surface area contributed by atoms with E-state index in [-0.39, 0.29) is 12.1 Å². The fourth-order valence-electron chi connectivity index (χ4n) is 2.09. The normalized spacial score (nSPS) is 10.8. The van der Waals surface area contributed by atoms with Gasteiger partial charge in [-0.1, -0.05) is 12.1 Å². The van der Waals surface area contributed by atoms with Gasteiger partial charge in [0, 0.05) is 19.7 Å². The van der Waals surface area contributed by atoms with Crippen LogP contribution in [0.15, 0.2) is 48.5 Å². The Balaban J connectivity index is 2.11. The molecule has 0 bridgehead atoms. The first-order chi connectivity index (χ1) is 11.4. The maximum Gasteiger partial charge on any atom is 0.279 e. The highest BCUT2D eigenvalue weighted by Crippen LogP contribution is 2.21. The van der Waals surface area contributed by atoms with Crippen molar-refractivity contribution in [2.24, 2.45) is 0 Å². The van der Waals surface area contributed by atoms with Crippen molar-refractivity contribution in [2.75, 3.05) is 7.05 Å². The van der Waals surface area contributed by atoms with E-state index in [1.165, 1.54) is 36.2 Å². The summed E-state index contributed by atoms with van der Waals surface area (Å²) in [6, 6.07) is 8.94. The number of hydrogen-bond acceptors (Lipinski definition) is 3. The number of nitrogens with zero attached hydrogens (tertiary/aromatic N) is 2. The maximum atomic E-state index is 13.1. The molecule has 0 saturated carbocycles. The van der Waals surface area contributed by atoms with Gasteiger partial charge in [-0.2, -0.15) is 0 Å². The van der Waals surface area contributed by atoms with Crippen molar-refractivity contribution in [1.82, 2.24) is 4.90 Å². The fourth-order valence-corrected chi connectivity index (χ4v) is 2.09. The topological polar surface area (TPSA) is 63.5 Å². The van der Waals surface area contributed by atoms with Gasteiger partial charge in [0.1, 0.15) is 11.6 Å². The maximum absolute atomic E-state index is 13.1. The minimum absolute atomic E-state index is 0.119. The summed E-state index contributed by atoms with van der Waals surface area (Å²) in [5, 5.41) is 10.9. The molecule has 2 aromatic carbocycles. The Hall–Kier alpha value is -3.09. The van der Waals surface area contributed by atoms with Crippen LogP contribution in [0.2, 0.25) is 0 Å². The third kappa shape index (κ3) is 4.45. The lowest BCUT2D eigenvalue weighted by atomic mass is 10.1. The van der Waals surface area contributed by atoms with Gasteiger partial charge in [0.25, 0.3) is 5.69 Å². The standard InChI is InChI=1S/C17H14F2N2O3/c1-20(11-12-3-2-4-14(18)9-12)17(22)8-6-13-5-7-15(19)10-16(13)21(23)24/h2-10H,11H2,1H3. The molecular weight excluding hydrogens is 318 g/mol. The number of benzene rings is 2. The van der Waals surface area contributed by atoms with Crippen LogP contribution >= 0.6 is 0 Å². The van der Waals surface area contributed by atoms with Crippen LogP contribution in [0.25, 0.3) is 6.08 Å². The molecule has 24 heavy (non-hydrogen) atoms. The van der Waals surface area contributed by atoms with Crippen molar-refractivity contribution >= 4 is 17.7 Å². The zero-order valence-corrected chi connectivity index (χ0v) is 12.8. The number of nitro groups is 1. The predicted octanol–water partition coefficient (Wildman–Crippen LogP) is 3.54. The highest BCUT2D eigenvalue weighted by Gasteiger charge is 2.13. The van der Waals surface area contributed by atoms with Crippen molar-refractivity contribution in [1.29, 1.82) is 0 Å². The number of hydrogen-bond donors (Lipinski definition) is 0. The smallest absolute Gasteiger partial charge is 0.279 e. The van der Waals surface area contributed by atoms with Crippen molar-refractivity contribution in [3.8, 4) is 0 Å². The highest BCUT2D eigenvalue weighted by molar-refractivity contribution is 5.92. The average molecular weight is 332 g/mol. The minimum Gasteiger partial charge on any atom is -0.338 e. The first-order valence-corrected chi connectivity index (χ1v) is 6.98. The van der Waals surface area contributed by atoms with Gasteiger partial charge in [0.2, 0.25) is 5.91 Å². The number of carbonyl (C=O) groups is 1. The first-order valence-electron chi connectivity index (χ1n) is 6.98. The Kier molecular flexibility index (Phi) is 5.36. The molecule has 0 unspecified atom stereocenters. The van der Waals surface area contributed by atoms with Gasteiger partial charge in [-0.05, 0) is 35.9 Å². The molecule has 0 radical (unpaired) electrons. The van der Waals surface area contributed by atoms with Crippen LogP contribution in [0, 0.1) is 21.7 Å². The second-order valence-corrected chi connectivity index (χ2v) is 5.12. The SMILES string of the molecule is CN(Cc1cccc(F)c1)C(=O)C=Cc1ccc(F)cc1[N+](=O)[O-]. The van der Waals surface area contributed by atoms with E-state index in [0.29, 0.717) is 5.56 Å². The molecule has 0 fully saturated rings. The molecule has 0 aliphatic carbocycles. The first kappa shape index (κ1) is 17.3. The third-order valence-electron chi connectivity index (χ3n) is 3.28. The molecule has 7 heteroatoms. The molecule has 2 aromatic rings. The molecule has 0 heterocycles. The Morgan fingerprint density at radius 1 is 1.21 bits per heavy atom. The second-order valence-electron chi connectivity index (χ2n) is 5.12. The molecule has 0 atom stereocenters. The van der Waals surface area contributed by atoms with Gasteiger partial charge in [-0.3, -0.25) is 14.9 Å². The lowest BCUT2D eigenvalue weighted by Gasteiger charge is -2.15. The summed E-state index contributed by atoms with van der Waals surface area (Å²) >= 11 is 0. The molecule has 0 aliphatic heterocycles. The number of rotatable bonds is 5. The Bertz CT molecular complexity index is 806. The minimum atomic E-state index is -0.728. The van der Waals surface area contributed by atoms with E-state index in [9.17, 15) is 23.7 Å². The molecule has 5 nitrogen and oxygen atoms in total. The molecule has 1 amide bonds. The summed E-state index contributed by atoms with van der Waals surface area (Å²) in [5.74, 6) is -1.54. The van der Waals surface area contributed by atoms with Gasteiger partial charge in [-0.25, -0.2) is 8.78 Å². The molecule has 0 aliphatic rings. The van der Waals surface area contributed by atoms with Crippen molar-refractivity contribution < 1.29 is 18.5 Å². The summed E-state index contributed by atoms with van der Waals surface area (Å²) in [6.45, 7) is 0.187.